The molecule has 0 rings (SSSR count). The van der Waals surface area contributed by atoms with Crippen LogP contribution in [0.3, 0.4) is 0 Å². The van der Waals surface area contributed by atoms with Gasteiger partial charge in [0.2, 0.25) is 0 Å². The summed E-state index contributed by atoms with van der Waals surface area (Å²) in [7, 11) is 0. The third kappa shape index (κ3) is 1840. The Morgan fingerprint density at radius 1 is 0.550 bits per heavy atom. The van der Waals surface area contributed by atoms with Crippen LogP contribution in [-0.4, -0.2) is 31.5 Å². The Kier molecular flexibility index (Phi) is 3790. The van der Waals surface area contributed by atoms with Gasteiger partial charge in [-0.25, -0.2) is 0 Å². The summed E-state index contributed by atoms with van der Waals surface area (Å²) >= 11 is 0. The first-order valence-corrected chi connectivity index (χ1v) is 1.60. The average Bonchev–Trinajstić information content (AvgIpc) is 2.51. The van der Waals surface area contributed by atoms with E-state index >= 15 is 0 Å². The van der Waals surface area contributed by atoms with Gasteiger partial charge in [0, 0.05) is 19.9 Å². The second-order valence-electron chi connectivity index (χ2n) is 0.136. The van der Waals surface area contributed by atoms with Gasteiger partial charge in [-0.15, -0.1) is 0 Å². The first kappa shape index (κ1) is 84.9. The van der Waals surface area contributed by atoms with Crippen LogP contribution >= 0.6 is 0 Å². The molecular formula is H6Cu4O16+2. The minimum atomic E-state index is 0. The first-order valence-electron chi connectivity index (χ1n) is 1.60. The molecule has 0 unspecified atom stereocenters. The molecule has 0 bridgehead atoms. The molecule has 0 aliphatic rings. The minimum absolute atomic E-state index is 0. The van der Waals surface area contributed by atoms with Gasteiger partial charge in [0.15, 0.2) is 0 Å². The zero-order valence-corrected chi connectivity index (χ0v) is 11.7. The predicted molar refractivity (Wildman–Crippen MR) is 31.4 cm³/mol. The van der Waals surface area contributed by atoms with Crippen LogP contribution in [0.5, 0.6) is 0 Å². The Morgan fingerprint density at radius 2 is 0.600 bits per heavy atom. The van der Waals surface area contributed by atoms with E-state index in [2.05, 4.69) is 10.1 Å². The topological polar surface area (TPSA) is 300 Å². The van der Waals surface area contributed by atoms with E-state index in [4.69, 9.17) is 72.4 Å². The Bertz CT molecular complexity index is 26.4. The van der Waals surface area contributed by atoms with E-state index in [9.17, 15) is 0 Å². The van der Waals surface area contributed by atoms with Gasteiger partial charge in [-0.3, -0.25) is 21.0 Å². The molecule has 0 saturated carbocycles. The fourth-order valence-electron chi connectivity index (χ4n) is 0. The molecule has 0 aliphatic carbocycles. The zero-order chi connectivity index (χ0) is 15.4. The van der Waals surface area contributed by atoms with Gasteiger partial charge in [0.25, 0.3) is 0 Å². The molecule has 0 atom stereocenters. The van der Waals surface area contributed by atoms with E-state index < -0.39 is 0 Å². The quantitative estimate of drug-likeness (QED) is 0.108. The minimum Gasteiger partial charge on any atom is -0.727 e. The molecule has 0 aliphatic heterocycles. The molecule has 20 heavy (non-hydrogen) atoms. The molecule has 0 aromatic heterocycles. The van der Waals surface area contributed by atoms with E-state index in [0.29, 0.717) is 0 Å². The van der Waals surface area contributed by atoms with E-state index in [1.54, 1.807) is 0 Å². The van der Waals surface area contributed by atoms with Gasteiger partial charge < -0.3 is 41.6 Å². The Labute approximate surface area is 150 Å². The second-order valence-corrected chi connectivity index (χ2v) is 0.136. The van der Waals surface area contributed by atoms with Crippen molar-refractivity contribution in [2.45, 2.75) is 0 Å². The Morgan fingerprint density at radius 3 is 0.600 bits per heavy atom. The maximum absolute atomic E-state index is 8.26. The Balaban J connectivity index is -0.00000000521. The summed E-state index contributed by atoms with van der Waals surface area (Å²) < 4.78 is 0. The predicted octanol–water partition coefficient (Wildman–Crippen LogP) is -4.72. The molecule has 20 heteroatoms. The summed E-state index contributed by atoms with van der Waals surface area (Å²) in [5.41, 5.74) is 0. The van der Waals surface area contributed by atoms with Crippen LogP contribution in [0.4, 0.5) is 0 Å². The molecule has 144 valence electrons. The molecule has 6 N–H and O–H groups in total. The third-order valence-electron chi connectivity index (χ3n) is 0.0278. The SMILES string of the molecule is O=O.O=O.OO.OO.[Cu+2].[Cu+2].[Cu+].[Cu+].[O-]O.[O-]O.[O-]OO[O-]. The summed E-state index contributed by atoms with van der Waals surface area (Å²) in [5.74, 6) is 0. The average molecular weight is 516 g/mol. The number of rotatable bonds is 1. The van der Waals surface area contributed by atoms with Crippen LogP contribution in [0.2, 0.25) is 0 Å². The molecule has 2 radical (unpaired) electrons. The van der Waals surface area contributed by atoms with Crippen LogP contribution in [0.1, 0.15) is 0 Å². The summed E-state index contributed by atoms with van der Waals surface area (Å²) in [6.45, 7) is 0. The van der Waals surface area contributed by atoms with Gasteiger partial charge >= 0.3 is 68.3 Å². The third-order valence-corrected chi connectivity index (χ3v) is 0.0278. The molecule has 0 heterocycles. The maximum Gasteiger partial charge on any atom is 2.00 e. The van der Waals surface area contributed by atoms with Crippen LogP contribution in [0.25, 0.3) is 0 Å². The van der Waals surface area contributed by atoms with Gasteiger partial charge in [-0.1, -0.05) is 0 Å². The molecule has 0 saturated heterocycles. The van der Waals surface area contributed by atoms with Crippen molar-refractivity contribution in [3.63, 3.8) is 0 Å². The van der Waals surface area contributed by atoms with E-state index in [1.807, 2.05) is 0 Å². The Hall–Kier alpha value is 0.798. The summed E-state index contributed by atoms with van der Waals surface area (Å²) in [6, 6.07) is 0. The van der Waals surface area contributed by atoms with Gasteiger partial charge in [0.1, 0.15) is 0 Å². The van der Waals surface area contributed by atoms with Crippen LogP contribution in [0, 0.1) is 19.9 Å². The summed E-state index contributed by atoms with van der Waals surface area (Å²) in [4.78, 5) is 28.0. The van der Waals surface area contributed by atoms with Crippen molar-refractivity contribution in [2.75, 3.05) is 0 Å². The van der Waals surface area contributed by atoms with Crippen molar-refractivity contribution in [1.29, 1.82) is 0 Å². The van der Waals surface area contributed by atoms with Crippen LogP contribution in [-0.2, 0) is 78.4 Å². The fourth-order valence-corrected chi connectivity index (χ4v) is 0. The molecule has 0 aromatic carbocycles. The van der Waals surface area contributed by atoms with Crippen molar-refractivity contribution < 1.29 is 131 Å². The first-order chi connectivity index (χ1) is 7.91. The maximum atomic E-state index is 8.26. The molecule has 0 fully saturated rings. The van der Waals surface area contributed by atoms with Gasteiger partial charge in [-0.05, 0) is 0 Å². The van der Waals surface area contributed by atoms with E-state index in [-0.39, 0.29) is 68.3 Å². The number of hydrogen-bond donors (Lipinski definition) is 6. The summed E-state index contributed by atoms with van der Waals surface area (Å²) in [6.07, 6.45) is 0. The molecule has 0 spiro atoms. The van der Waals surface area contributed by atoms with Crippen molar-refractivity contribution in [3.05, 3.63) is 19.9 Å². The largest absolute Gasteiger partial charge is 2.00 e. The van der Waals surface area contributed by atoms with Crippen molar-refractivity contribution in [3.8, 4) is 0 Å². The van der Waals surface area contributed by atoms with Crippen LogP contribution < -0.4 is 21.0 Å². The van der Waals surface area contributed by atoms with E-state index in [0.717, 1.165) is 0 Å². The van der Waals surface area contributed by atoms with Crippen molar-refractivity contribution in [2.24, 2.45) is 0 Å². The monoisotopic (exact) mass is 514 g/mol. The van der Waals surface area contributed by atoms with Crippen LogP contribution in [0.15, 0.2) is 0 Å². The van der Waals surface area contributed by atoms with Crippen molar-refractivity contribution >= 4 is 0 Å². The molecule has 0 aromatic rings. The second kappa shape index (κ2) is 894. The van der Waals surface area contributed by atoms with E-state index in [1.165, 1.54) is 0 Å². The molecule has 0 amide bonds. The standard InChI is InChI=1S/4Cu.H2O4.4H2O2.2O2/c;;;;1-3-4-2;6*1-2/h;;;;1-2H;4*1-2H;;/q2*+1;2*+2;;;;;;;/p-4. The fraction of sp³-hybridized carbons (Fsp3) is 0. The van der Waals surface area contributed by atoms with Gasteiger partial charge in [-0.2, -0.15) is 0 Å². The summed E-state index contributed by atoms with van der Waals surface area (Å²) in [5, 5.41) is 71.0. The normalized spacial score (nSPS) is 3.10. The smallest absolute Gasteiger partial charge is 0.727 e. The molecule has 16 nitrogen and oxygen atoms in total. The molecular weight excluding hydrogens is 510 g/mol. The number of hydrogen-bond acceptors (Lipinski definition) is 16. The van der Waals surface area contributed by atoms with Crippen molar-refractivity contribution in [1.82, 2.24) is 0 Å². The van der Waals surface area contributed by atoms with Gasteiger partial charge in [0.05, 0.1) is 0 Å². The zero-order valence-electron chi connectivity index (χ0n) is 7.97.